The molecule has 1 aliphatic carbocycles. The van der Waals surface area contributed by atoms with E-state index in [1.54, 1.807) is 12.1 Å². The first kappa shape index (κ1) is 17.9. The molecule has 0 saturated heterocycles. The zero-order valence-electron chi connectivity index (χ0n) is 13.0. The number of ether oxygens (including phenoxy) is 2. The van der Waals surface area contributed by atoms with Crippen LogP contribution in [0.4, 0.5) is 14.5 Å². The second kappa shape index (κ2) is 7.97. The molecule has 3 rings (SSSR count). The average Bonchev–Trinajstić information content (AvgIpc) is 3.38. The highest BCUT2D eigenvalue weighted by atomic mass is 35.5. The Morgan fingerprint density at radius 1 is 1.20 bits per heavy atom. The summed E-state index contributed by atoms with van der Waals surface area (Å²) >= 11 is 12.0. The van der Waals surface area contributed by atoms with E-state index in [4.69, 9.17) is 27.9 Å². The van der Waals surface area contributed by atoms with Crippen LogP contribution in [-0.4, -0.2) is 24.4 Å². The highest BCUT2D eigenvalue weighted by Gasteiger charge is 2.23. The fourth-order valence-corrected chi connectivity index (χ4v) is 2.53. The number of nitrogens with zero attached hydrogens (tertiary/aromatic N) is 2. The summed E-state index contributed by atoms with van der Waals surface area (Å²) < 4.78 is 35.2. The van der Waals surface area contributed by atoms with Crippen LogP contribution in [0.2, 0.25) is 10.0 Å². The highest BCUT2D eigenvalue weighted by molar-refractivity contribution is 6.38. The van der Waals surface area contributed by atoms with Crippen molar-refractivity contribution in [3.8, 4) is 11.5 Å². The molecule has 0 bridgehead atoms. The molecule has 2 aromatic rings. The summed E-state index contributed by atoms with van der Waals surface area (Å²) in [6.07, 6.45) is 6.56. The van der Waals surface area contributed by atoms with Crippen molar-refractivity contribution < 1.29 is 18.3 Å². The lowest BCUT2D eigenvalue weighted by Gasteiger charge is -2.12. The normalized spacial score (nSPS) is 14.3. The van der Waals surface area contributed by atoms with Crippen molar-refractivity contribution in [3.05, 3.63) is 46.2 Å². The van der Waals surface area contributed by atoms with Crippen LogP contribution in [0.25, 0.3) is 0 Å². The monoisotopic (exact) mass is 386 g/mol. The van der Waals surface area contributed by atoms with Gasteiger partial charge in [-0.15, -0.1) is 0 Å². The van der Waals surface area contributed by atoms with Crippen LogP contribution in [0, 0.1) is 5.92 Å². The maximum Gasteiger partial charge on any atom is 0.387 e. The smallest absolute Gasteiger partial charge is 0.387 e. The number of hydrogen-bond donors (Lipinski definition) is 0. The first-order valence-electron chi connectivity index (χ1n) is 7.57. The van der Waals surface area contributed by atoms with E-state index in [9.17, 15) is 8.78 Å². The summed E-state index contributed by atoms with van der Waals surface area (Å²) in [5.74, 6) is 0.724. The molecule has 4 nitrogen and oxygen atoms in total. The number of pyridine rings is 1. The molecule has 1 heterocycles. The number of halogens is 4. The summed E-state index contributed by atoms with van der Waals surface area (Å²) in [6.45, 7) is -2.44. The molecule has 0 aliphatic heterocycles. The quantitative estimate of drug-likeness (QED) is 0.587. The molecule has 25 heavy (non-hydrogen) atoms. The molecule has 1 fully saturated rings. The zero-order chi connectivity index (χ0) is 17.8. The Labute approximate surface area is 153 Å². The summed E-state index contributed by atoms with van der Waals surface area (Å²) in [7, 11) is 0. The zero-order valence-corrected chi connectivity index (χ0v) is 14.5. The van der Waals surface area contributed by atoms with E-state index in [2.05, 4.69) is 14.7 Å². The minimum atomic E-state index is -2.92. The van der Waals surface area contributed by atoms with Gasteiger partial charge in [-0.25, -0.2) is 0 Å². The number of rotatable bonds is 7. The third kappa shape index (κ3) is 5.03. The Bertz CT molecular complexity index is 763. The fourth-order valence-electron chi connectivity index (χ4n) is 2.07. The average molecular weight is 387 g/mol. The predicted octanol–water partition coefficient (Wildman–Crippen LogP) is 5.53. The van der Waals surface area contributed by atoms with Gasteiger partial charge in [0.25, 0.3) is 0 Å². The molecule has 132 valence electrons. The van der Waals surface area contributed by atoms with Gasteiger partial charge in [0.15, 0.2) is 11.5 Å². The van der Waals surface area contributed by atoms with Gasteiger partial charge in [-0.1, -0.05) is 23.2 Å². The van der Waals surface area contributed by atoms with Crippen molar-refractivity contribution in [2.75, 3.05) is 6.61 Å². The molecule has 1 aliphatic rings. The SMILES string of the molecule is FC(F)Oc1ccc(C=Nc2c(Cl)cncc2Cl)cc1OCC1CC1. The molecule has 0 unspecified atom stereocenters. The van der Waals surface area contributed by atoms with Gasteiger partial charge in [-0.3, -0.25) is 9.98 Å². The number of hydrogen-bond acceptors (Lipinski definition) is 4. The molecule has 1 saturated carbocycles. The Kier molecular flexibility index (Phi) is 5.71. The van der Waals surface area contributed by atoms with Gasteiger partial charge < -0.3 is 9.47 Å². The van der Waals surface area contributed by atoms with Crippen LogP contribution in [0.1, 0.15) is 18.4 Å². The Balaban J connectivity index is 1.82. The van der Waals surface area contributed by atoms with E-state index in [1.807, 2.05) is 0 Å². The van der Waals surface area contributed by atoms with Gasteiger partial charge in [0.1, 0.15) is 5.69 Å². The summed E-state index contributed by atoms with van der Waals surface area (Å²) in [5, 5.41) is 0.623. The molecule has 0 N–H and O–H groups in total. The molecule has 0 amide bonds. The van der Waals surface area contributed by atoms with Crippen LogP contribution in [0.3, 0.4) is 0 Å². The van der Waals surface area contributed by atoms with Crippen molar-refractivity contribution in [2.45, 2.75) is 19.5 Å². The van der Waals surface area contributed by atoms with Crippen molar-refractivity contribution in [1.29, 1.82) is 0 Å². The minimum absolute atomic E-state index is 0.00669. The lowest BCUT2D eigenvalue weighted by Crippen LogP contribution is -2.06. The summed E-state index contributed by atoms with van der Waals surface area (Å²) in [6, 6.07) is 4.60. The number of benzene rings is 1. The van der Waals surface area contributed by atoms with Gasteiger partial charge >= 0.3 is 6.61 Å². The molecule has 0 radical (unpaired) electrons. The van der Waals surface area contributed by atoms with Crippen LogP contribution in [-0.2, 0) is 0 Å². The number of aromatic nitrogens is 1. The molecule has 1 aromatic carbocycles. The van der Waals surface area contributed by atoms with Crippen molar-refractivity contribution in [2.24, 2.45) is 10.9 Å². The maximum absolute atomic E-state index is 12.5. The van der Waals surface area contributed by atoms with E-state index in [0.717, 1.165) is 12.8 Å². The molecule has 8 heteroatoms. The van der Waals surface area contributed by atoms with Crippen LogP contribution in [0.5, 0.6) is 11.5 Å². The molecular formula is C17H14Cl2F2N2O2. The first-order valence-corrected chi connectivity index (χ1v) is 8.33. The van der Waals surface area contributed by atoms with E-state index >= 15 is 0 Å². The molecule has 0 spiro atoms. The van der Waals surface area contributed by atoms with E-state index in [-0.39, 0.29) is 11.5 Å². The second-order valence-corrected chi connectivity index (χ2v) is 6.36. The lowest BCUT2D eigenvalue weighted by molar-refractivity contribution is -0.0515. The predicted molar refractivity (Wildman–Crippen MR) is 92.8 cm³/mol. The van der Waals surface area contributed by atoms with Crippen LogP contribution < -0.4 is 9.47 Å². The number of aliphatic imine (C=N–C) groups is 1. The van der Waals surface area contributed by atoms with Gasteiger partial charge in [-0.05, 0) is 42.5 Å². The Morgan fingerprint density at radius 3 is 2.56 bits per heavy atom. The van der Waals surface area contributed by atoms with E-state index < -0.39 is 6.61 Å². The van der Waals surface area contributed by atoms with Gasteiger partial charge in [0.05, 0.1) is 16.7 Å². The topological polar surface area (TPSA) is 43.7 Å². The largest absolute Gasteiger partial charge is 0.489 e. The first-order chi connectivity index (χ1) is 12.0. The van der Waals surface area contributed by atoms with Crippen LogP contribution >= 0.6 is 23.2 Å². The molecule has 1 aromatic heterocycles. The lowest BCUT2D eigenvalue weighted by atomic mass is 10.2. The van der Waals surface area contributed by atoms with Crippen LogP contribution in [0.15, 0.2) is 35.6 Å². The third-order valence-corrected chi connectivity index (χ3v) is 4.08. The van der Waals surface area contributed by atoms with E-state index in [1.165, 1.54) is 24.7 Å². The number of alkyl halides is 2. The molecule has 0 atom stereocenters. The van der Waals surface area contributed by atoms with Crippen molar-refractivity contribution in [3.63, 3.8) is 0 Å². The Morgan fingerprint density at radius 2 is 1.92 bits per heavy atom. The summed E-state index contributed by atoms with van der Waals surface area (Å²) in [5.41, 5.74) is 1.02. The van der Waals surface area contributed by atoms with Gasteiger partial charge in [0, 0.05) is 18.6 Å². The van der Waals surface area contributed by atoms with Gasteiger partial charge in [0.2, 0.25) is 0 Å². The van der Waals surface area contributed by atoms with Gasteiger partial charge in [-0.2, -0.15) is 8.78 Å². The van der Waals surface area contributed by atoms with E-state index in [0.29, 0.717) is 33.8 Å². The van der Waals surface area contributed by atoms with Crippen molar-refractivity contribution in [1.82, 2.24) is 4.98 Å². The maximum atomic E-state index is 12.5. The fraction of sp³-hybridized carbons (Fsp3) is 0.294. The summed E-state index contributed by atoms with van der Waals surface area (Å²) in [4.78, 5) is 8.10. The van der Waals surface area contributed by atoms with Crippen molar-refractivity contribution >= 4 is 35.1 Å². The highest BCUT2D eigenvalue weighted by Crippen LogP contribution is 2.35. The third-order valence-electron chi connectivity index (χ3n) is 3.53. The minimum Gasteiger partial charge on any atom is -0.489 e. The second-order valence-electron chi connectivity index (χ2n) is 5.55. The molecular weight excluding hydrogens is 373 g/mol. The Hall–Kier alpha value is -1.92. The standard InChI is InChI=1S/C17H14Cl2F2N2O2/c18-12-7-22-8-13(19)16(12)23-6-11-3-4-14(25-17(20)21)15(5-11)24-9-10-1-2-10/h3-8,10,17H,1-2,9H2.